The van der Waals surface area contributed by atoms with Gasteiger partial charge in [0.15, 0.2) is 0 Å². The number of nitrogens with zero attached hydrogens (tertiary/aromatic N) is 1. The molecule has 0 aliphatic carbocycles. The molecule has 1 aromatic heterocycles. The highest BCUT2D eigenvalue weighted by molar-refractivity contribution is 5.92. The van der Waals surface area contributed by atoms with E-state index in [1.54, 1.807) is 24.3 Å². The van der Waals surface area contributed by atoms with Crippen molar-refractivity contribution < 1.29 is 14.6 Å². The molecule has 0 fully saturated rings. The molecule has 0 bridgehead atoms. The highest BCUT2D eigenvalue weighted by atomic mass is 16.5. The summed E-state index contributed by atoms with van der Waals surface area (Å²) < 4.78 is 5.34. The minimum absolute atomic E-state index is 0.0779. The SMILES string of the molecule is CCCCCCCCCCCCCCCCOC(=O)c1ccc2cccc(O)c2n1. The van der Waals surface area contributed by atoms with Gasteiger partial charge < -0.3 is 9.84 Å². The van der Waals surface area contributed by atoms with E-state index in [1.165, 1.54) is 77.0 Å². The zero-order chi connectivity index (χ0) is 21.4. The summed E-state index contributed by atoms with van der Waals surface area (Å²) in [5.74, 6) is -0.344. The van der Waals surface area contributed by atoms with Gasteiger partial charge in [0.1, 0.15) is 17.0 Å². The van der Waals surface area contributed by atoms with Gasteiger partial charge >= 0.3 is 5.97 Å². The number of hydrogen-bond donors (Lipinski definition) is 1. The standard InChI is InChI=1S/C26H39NO3/c1-2-3-4-5-6-7-8-9-10-11-12-13-14-15-21-30-26(29)23-20-19-22-17-16-18-24(28)25(22)27-23/h16-20,28H,2-15,21H2,1H3. The van der Waals surface area contributed by atoms with Crippen molar-refractivity contribution in [1.82, 2.24) is 4.98 Å². The van der Waals surface area contributed by atoms with Crippen LogP contribution < -0.4 is 0 Å². The fraction of sp³-hybridized carbons (Fsp3) is 0.615. The van der Waals surface area contributed by atoms with Crippen LogP contribution in [-0.4, -0.2) is 22.7 Å². The molecule has 0 aliphatic rings. The van der Waals surface area contributed by atoms with Crippen LogP contribution in [0.4, 0.5) is 0 Å². The fourth-order valence-corrected chi connectivity index (χ4v) is 3.78. The molecule has 30 heavy (non-hydrogen) atoms. The third-order valence-corrected chi connectivity index (χ3v) is 5.64. The normalized spacial score (nSPS) is 11.1. The molecule has 4 nitrogen and oxygen atoms in total. The first-order valence-electron chi connectivity index (χ1n) is 12.0. The Balaban J connectivity index is 1.45. The summed E-state index contributed by atoms with van der Waals surface area (Å²) in [6.45, 7) is 2.70. The first kappa shape index (κ1) is 24.2. The Bertz CT molecular complexity index is 744. The number of phenolic OH excluding ortho intramolecular Hbond substituents is 1. The molecule has 0 spiro atoms. The van der Waals surface area contributed by atoms with Gasteiger partial charge in [-0.15, -0.1) is 0 Å². The lowest BCUT2D eigenvalue weighted by Crippen LogP contribution is -2.08. The van der Waals surface area contributed by atoms with Crippen LogP contribution in [0, 0.1) is 0 Å². The van der Waals surface area contributed by atoms with E-state index in [4.69, 9.17) is 4.74 Å². The molecule has 1 heterocycles. The molecule has 1 N–H and O–H groups in total. The molecular weight excluding hydrogens is 374 g/mol. The predicted octanol–water partition coefficient (Wildman–Crippen LogP) is 7.58. The number of carbonyl (C=O) groups excluding carboxylic acids is 1. The molecule has 1 aromatic carbocycles. The summed E-state index contributed by atoms with van der Waals surface area (Å²) >= 11 is 0. The van der Waals surface area contributed by atoms with Gasteiger partial charge in [-0.2, -0.15) is 0 Å². The lowest BCUT2D eigenvalue weighted by Gasteiger charge is -2.06. The number of carbonyl (C=O) groups is 1. The number of unbranched alkanes of at least 4 members (excludes halogenated alkanes) is 13. The van der Waals surface area contributed by atoms with Crippen molar-refractivity contribution >= 4 is 16.9 Å². The maximum atomic E-state index is 12.2. The number of pyridine rings is 1. The van der Waals surface area contributed by atoms with E-state index in [9.17, 15) is 9.90 Å². The highest BCUT2D eigenvalue weighted by Gasteiger charge is 2.11. The molecule has 0 saturated carbocycles. The number of fused-ring (bicyclic) bond motifs is 1. The summed E-state index contributed by atoms with van der Waals surface area (Å²) in [7, 11) is 0. The Morgan fingerprint density at radius 3 is 1.97 bits per heavy atom. The van der Waals surface area contributed by atoms with Crippen molar-refractivity contribution in [2.45, 2.75) is 96.8 Å². The minimum Gasteiger partial charge on any atom is -0.506 e. The molecule has 0 amide bonds. The predicted molar refractivity (Wildman–Crippen MR) is 124 cm³/mol. The Kier molecular flexibility index (Phi) is 11.9. The van der Waals surface area contributed by atoms with E-state index < -0.39 is 5.97 Å². The van der Waals surface area contributed by atoms with E-state index in [1.807, 2.05) is 6.07 Å². The summed E-state index contributed by atoms with van der Waals surface area (Å²) in [6.07, 6.45) is 18.3. The maximum absolute atomic E-state index is 12.2. The molecule has 0 atom stereocenters. The monoisotopic (exact) mass is 413 g/mol. The van der Waals surface area contributed by atoms with Gasteiger partial charge in [0, 0.05) is 5.39 Å². The Morgan fingerprint density at radius 2 is 1.37 bits per heavy atom. The molecule has 0 saturated heterocycles. The number of benzene rings is 1. The number of rotatable bonds is 16. The van der Waals surface area contributed by atoms with Crippen molar-refractivity contribution in [3.8, 4) is 5.75 Å². The molecule has 0 unspecified atom stereocenters. The van der Waals surface area contributed by atoms with Crippen LogP contribution in [0.1, 0.15) is 107 Å². The lowest BCUT2D eigenvalue weighted by atomic mass is 10.0. The molecule has 166 valence electrons. The fourth-order valence-electron chi connectivity index (χ4n) is 3.78. The zero-order valence-electron chi connectivity index (χ0n) is 18.7. The quantitative estimate of drug-likeness (QED) is 0.228. The van der Waals surface area contributed by atoms with Crippen LogP contribution in [-0.2, 0) is 4.74 Å². The van der Waals surface area contributed by atoms with Crippen molar-refractivity contribution in [2.75, 3.05) is 6.61 Å². The van der Waals surface area contributed by atoms with Crippen molar-refractivity contribution in [2.24, 2.45) is 0 Å². The van der Waals surface area contributed by atoms with Crippen LogP contribution in [0.2, 0.25) is 0 Å². The Morgan fingerprint density at radius 1 is 0.800 bits per heavy atom. The van der Waals surface area contributed by atoms with Gasteiger partial charge in [-0.25, -0.2) is 9.78 Å². The zero-order valence-corrected chi connectivity index (χ0v) is 18.7. The topological polar surface area (TPSA) is 59.4 Å². The first-order valence-corrected chi connectivity index (χ1v) is 12.0. The summed E-state index contributed by atoms with van der Waals surface area (Å²) in [5.41, 5.74) is 0.679. The smallest absolute Gasteiger partial charge is 0.356 e. The van der Waals surface area contributed by atoms with Crippen LogP contribution >= 0.6 is 0 Å². The third kappa shape index (κ3) is 9.15. The summed E-state index contributed by atoms with van der Waals surface area (Å²) in [4.78, 5) is 16.4. The number of ether oxygens (including phenoxy) is 1. The van der Waals surface area contributed by atoms with Crippen molar-refractivity contribution in [3.05, 3.63) is 36.0 Å². The van der Waals surface area contributed by atoms with Gasteiger partial charge in [0.05, 0.1) is 6.61 Å². The average molecular weight is 414 g/mol. The number of hydrogen-bond acceptors (Lipinski definition) is 4. The van der Waals surface area contributed by atoms with Crippen LogP contribution in [0.3, 0.4) is 0 Å². The number of esters is 1. The van der Waals surface area contributed by atoms with Crippen LogP contribution in [0.15, 0.2) is 30.3 Å². The largest absolute Gasteiger partial charge is 0.506 e. The number of para-hydroxylation sites is 1. The van der Waals surface area contributed by atoms with Gasteiger partial charge in [-0.1, -0.05) is 109 Å². The van der Waals surface area contributed by atoms with Crippen molar-refractivity contribution in [1.29, 1.82) is 0 Å². The van der Waals surface area contributed by atoms with E-state index >= 15 is 0 Å². The number of aromatic hydroxyl groups is 1. The van der Waals surface area contributed by atoms with E-state index in [-0.39, 0.29) is 11.4 Å². The lowest BCUT2D eigenvalue weighted by molar-refractivity contribution is 0.0491. The maximum Gasteiger partial charge on any atom is 0.356 e. The second-order valence-electron chi connectivity index (χ2n) is 8.28. The second-order valence-corrected chi connectivity index (χ2v) is 8.28. The number of aromatic nitrogens is 1. The van der Waals surface area contributed by atoms with Crippen molar-refractivity contribution in [3.63, 3.8) is 0 Å². The van der Waals surface area contributed by atoms with E-state index in [2.05, 4.69) is 11.9 Å². The minimum atomic E-state index is -0.421. The van der Waals surface area contributed by atoms with Gasteiger partial charge in [0.2, 0.25) is 0 Å². The van der Waals surface area contributed by atoms with Gasteiger partial charge in [0.25, 0.3) is 0 Å². The molecule has 0 aliphatic heterocycles. The average Bonchev–Trinajstić information content (AvgIpc) is 2.76. The summed E-state index contributed by atoms with van der Waals surface area (Å²) in [5, 5.41) is 10.7. The molecule has 2 rings (SSSR count). The van der Waals surface area contributed by atoms with Crippen LogP contribution in [0.5, 0.6) is 5.75 Å². The molecule has 2 aromatic rings. The number of phenols is 1. The third-order valence-electron chi connectivity index (χ3n) is 5.64. The molecule has 0 radical (unpaired) electrons. The van der Waals surface area contributed by atoms with Crippen LogP contribution in [0.25, 0.3) is 10.9 Å². The van der Waals surface area contributed by atoms with Gasteiger partial charge in [-0.3, -0.25) is 0 Å². The highest BCUT2D eigenvalue weighted by Crippen LogP contribution is 2.22. The Labute approximate surface area is 182 Å². The van der Waals surface area contributed by atoms with Gasteiger partial charge in [-0.05, 0) is 18.6 Å². The molecular formula is C26H39NO3. The second kappa shape index (κ2) is 14.8. The van der Waals surface area contributed by atoms with E-state index in [0.717, 1.165) is 18.2 Å². The first-order chi connectivity index (χ1) is 14.7. The Hall–Kier alpha value is -2.10. The van der Waals surface area contributed by atoms with E-state index in [0.29, 0.717) is 12.1 Å². The summed E-state index contributed by atoms with van der Waals surface area (Å²) in [6, 6.07) is 8.61. The molecule has 4 heteroatoms.